The van der Waals surface area contributed by atoms with Crippen LogP contribution in [0, 0.1) is 17.8 Å². The van der Waals surface area contributed by atoms with Crippen molar-refractivity contribution in [3.05, 3.63) is 64.7 Å². The molecule has 0 saturated heterocycles. The van der Waals surface area contributed by atoms with Crippen LogP contribution in [0.25, 0.3) is 0 Å². The van der Waals surface area contributed by atoms with E-state index in [1.807, 2.05) is 57.2 Å². The predicted octanol–water partition coefficient (Wildman–Crippen LogP) is 4.55. The third-order valence-corrected chi connectivity index (χ3v) is 6.77. The number of unbranched alkanes of at least 4 members (excludes halogenated alkanes) is 1. The highest BCUT2D eigenvalue weighted by Crippen LogP contribution is 2.29. The summed E-state index contributed by atoms with van der Waals surface area (Å²) in [5, 5.41) is 3.43. The predicted molar refractivity (Wildman–Crippen MR) is 144 cm³/mol. The number of nitrogens with two attached hydrogens (primary N) is 1. The first-order valence-corrected chi connectivity index (χ1v) is 12.8. The number of benzene rings is 2. The second-order valence-corrected chi connectivity index (χ2v) is 10.1. The van der Waals surface area contributed by atoms with Gasteiger partial charge in [0.2, 0.25) is 18.0 Å². The molecule has 3 amide bonds. The molecular weight excluding hydrogens is 476 g/mol. The first kappa shape index (κ1) is 27.4. The number of benzodiazepines with no additional fused rings is 1. The Bertz CT molecular complexity index is 1130. The van der Waals surface area contributed by atoms with Crippen LogP contribution in [-0.4, -0.2) is 36.6 Å². The van der Waals surface area contributed by atoms with E-state index in [1.54, 1.807) is 19.2 Å². The van der Waals surface area contributed by atoms with Crippen molar-refractivity contribution in [1.29, 1.82) is 0 Å². The maximum absolute atomic E-state index is 13.6. The van der Waals surface area contributed by atoms with Crippen LogP contribution in [0.5, 0.6) is 0 Å². The largest absolute Gasteiger partial charge is 0.369 e. The van der Waals surface area contributed by atoms with Crippen LogP contribution in [0.2, 0.25) is 5.02 Å². The first-order chi connectivity index (χ1) is 17.1. The Balaban J connectivity index is 2.02. The van der Waals surface area contributed by atoms with Gasteiger partial charge in [-0.05, 0) is 37.0 Å². The summed E-state index contributed by atoms with van der Waals surface area (Å²) >= 11 is 6.10. The number of anilines is 1. The van der Waals surface area contributed by atoms with Gasteiger partial charge in [0.25, 0.3) is 5.91 Å². The molecule has 192 valence electrons. The fraction of sp³-hybridized carbons (Fsp3) is 0.429. The van der Waals surface area contributed by atoms with Crippen LogP contribution < -0.4 is 16.0 Å². The molecule has 7 nitrogen and oxygen atoms in total. The first-order valence-electron chi connectivity index (χ1n) is 12.4. The molecule has 0 fully saturated rings. The van der Waals surface area contributed by atoms with Crippen LogP contribution >= 0.6 is 11.6 Å². The summed E-state index contributed by atoms with van der Waals surface area (Å²) in [7, 11) is 1.67. The molecule has 3 N–H and O–H groups in total. The molecular formula is C28H35ClN4O3. The highest BCUT2D eigenvalue weighted by atomic mass is 35.5. The normalized spacial score (nSPS) is 17.2. The lowest BCUT2D eigenvalue weighted by atomic mass is 9.81. The molecule has 3 atom stereocenters. The molecule has 0 spiro atoms. The molecule has 1 aliphatic heterocycles. The third-order valence-electron chi connectivity index (χ3n) is 6.52. The van der Waals surface area contributed by atoms with Crippen molar-refractivity contribution in [2.45, 2.75) is 52.6 Å². The van der Waals surface area contributed by atoms with E-state index in [2.05, 4.69) is 5.32 Å². The lowest BCUT2D eigenvalue weighted by Gasteiger charge is -2.27. The van der Waals surface area contributed by atoms with Gasteiger partial charge in [-0.1, -0.05) is 75.5 Å². The van der Waals surface area contributed by atoms with Crippen molar-refractivity contribution in [3.63, 3.8) is 0 Å². The maximum Gasteiger partial charge on any atom is 0.272 e. The zero-order valence-electron chi connectivity index (χ0n) is 21.3. The zero-order valence-corrected chi connectivity index (χ0v) is 22.1. The van der Waals surface area contributed by atoms with Gasteiger partial charge in [-0.3, -0.25) is 14.4 Å². The molecule has 8 heteroatoms. The number of fused-ring (bicyclic) bond motifs is 1. The summed E-state index contributed by atoms with van der Waals surface area (Å²) in [5.74, 6) is -2.34. The number of amides is 3. The van der Waals surface area contributed by atoms with E-state index >= 15 is 0 Å². The molecule has 0 bridgehead atoms. The Morgan fingerprint density at radius 3 is 2.39 bits per heavy atom. The fourth-order valence-corrected chi connectivity index (χ4v) is 4.75. The number of rotatable bonds is 10. The molecule has 3 rings (SSSR count). The number of likely N-dealkylation sites (N-methyl/N-ethyl adjacent to an activating group) is 1. The number of carbonyl (C=O) groups excluding carboxylic acids is 3. The molecule has 2 aromatic carbocycles. The molecule has 0 aliphatic carbocycles. The topological polar surface area (TPSA) is 105 Å². The number of para-hydroxylation sites is 1. The second-order valence-electron chi connectivity index (χ2n) is 9.70. The summed E-state index contributed by atoms with van der Waals surface area (Å²) in [5.41, 5.74) is 8.53. The Kier molecular flexibility index (Phi) is 9.26. The molecule has 1 heterocycles. The SMILES string of the molecule is CCCC[C@H](C(N)=O)[C@@H](CC(C)C)C(=O)N[C@H]1N=C(c2ccc(Cl)cc2)c2ccccc2N(C)C1=O. The van der Waals surface area contributed by atoms with Crippen molar-refractivity contribution in [1.82, 2.24) is 5.32 Å². The van der Waals surface area contributed by atoms with Gasteiger partial charge in [0.1, 0.15) is 0 Å². The molecule has 2 aromatic rings. The van der Waals surface area contributed by atoms with Gasteiger partial charge in [0.05, 0.1) is 11.4 Å². The van der Waals surface area contributed by atoms with E-state index in [-0.39, 0.29) is 17.7 Å². The van der Waals surface area contributed by atoms with E-state index < -0.39 is 23.9 Å². The van der Waals surface area contributed by atoms with Gasteiger partial charge in [0, 0.05) is 35.0 Å². The van der Waals surface area contributed by atoms with Gasteiger partial charge >= 0.3 is 0 Å². The van der Waals surface area contributed by atoms with E-state index in [9.17, 15) is 14.4 Å². The van der Waals surface area contributed by atoms with Crippen LogP contribution in [0.3, 0.4) is 0 Å². The number of nitrogens with zero attached hydrogens (tertiary/aromatic N) is 2. The quantitative estimate of drug-likeness (QED) is 0.489. The minimum Gasteiger partial charge on any atom is -0.369 e. The summed E-state index contributed by atoms with van der Waals surface area (Å²) in [6, 6.07) is 14.7. The van der Waals surface area contributed by atoms with Gasteiger partial charge in [0.15, 0.2) is 0 Å². The van der Waals surface area contributed by atoms with Crippen molar-refractivity contribution in [3.8, 4) is 0 Å². The number of hydrogen-bond acceptors (Lipinski definition) is 4. The smallest absolute Gasteiger partial charge is 0.272 e. The number of hydrogen-bond donors (Lipinski definition) is 2. The van der Waals surface area contributed by atoms with Crippen molar-refractivity contribution in [2.24, 2.45) is 28.5 Å². The molecule has 0 unspecified atom stereocenters. The van der Waals surface area contributed by atoms with Crippen molar-refractivity contribution < 1.29 is 14.4 Å². The summed E-state index contributed by atoms with van der Waals surface area (Å²) in [6.07, 6.45) is 1.52. The lowest BCUT2D eigenvalue weighted by Crippen LogP contribution is -2.50. The van der Waals surface area contributed by atoms with Crippen molar-refractivity contribution in [2.75, 3.05) is 11.9 Å². The van der Waals surface area contributed by atoms with Crippen LogP contribution in [-0.2, 0) is 14.4 Å². The molecule has 1 aliphatic rings. The van der Waals surface area contributed by atoms with E-state index in [4.69, 9.17) is 22.3 Å². The lowest BCUT2D eigenvalue weighted by molar-refractivity contribution is -0.136. The number of aliphatic imine (C=N–C) groups is 1. The minimum absolute atomic E-state index is 0.161. The minimum atomic E-state index is -1.16. The van der Waals surface area contributed by atoms with Gasteiger partial charge in [-0.25, -0.2) is 4.99 Å². The van der Waals surface area contributed by atoms with E-state index in [0.29, 0.717) is 29.3 Å². The van der Waals surface area contributed by atoms with Gasteiger partial charge in [-0.15, -0.1) is 0 Å². The average molecular weight is 511 g/mol. The second kappa shape index (κ2) is 12.2. The Morgan fingerprint density at radius 1 is 1.11 bits per heavy atom. The number of carbonyl (C=O) groups is 3. The van der Waals surface area contributed by atoms with Gasteiger partial charge < -0.3 is 16.0 Å². The average Bonchev–Trinajstić information content (AvgIpc) is 2.94. The van der Waals surface area contributed by atoms with E-state index in [1.165, 1.54) is 4.90 Å². The molecule has 36 heavy (non-hydrogen) atoms. The zero-order chi connectivity index (χ0) is 26.4. The maximum atomic E-state index is 13.6. The highest BCUT2D eigenvalue weighted by Gasteiger charge is 2.36. The standard InChI is InChI=1S/C28H35ClN4O3/c1-5-6-9-20(25(30)34)22(16-17(2)3)27(35)32-26-28(36)33(4)23-11-8-7-10-21(23)24(31-26)18-12-14-19(29)15-13-18/h7-8,10-15,17,20,22,26H,5-6,9,16H2,1-4H3,(H2,30,34)(H,32,35)/t20-,22+,26+/m0/s1. The Morgan fingerprint density at radius 2 is 1.78 bits per heavy atom. The summed E-state index contributed by atoms with van der Waals surface area (Å²) in [6.45, 7) is 6.02. The Hall–Kier alpha value is -3.19. The van der Waals surface area contributed by atoms with Crippen molar-refractivity contribution >= 4 is 40.7 Å². The summed E-state index contributed by atoms with van der Waals surface area (Å²) < 4.78 is 0. The summed E-state index contributed by atoms with van der Waals surface area (Å²) in [4.78, 5) is 45.7. The number of primary amides is 1. The fourth-order valence-electron chi connectivity index (χ4n) is 4.62. The van der Waals surface area contributed by atoms with E-state index in [0.717, 1.165) is 24.0 Å². The monoisotopic (exact) mass is 510 g/mol. The molecule has 0 saturated carbocycles. The molecule has 0 aromatic heterocycles. The number of nitrogens with one attached hydrogen (secondary N) is 1. The van der Waals surface area contributed by atoms with Crippen LogP contribution in [0.15, 0.2) is 53.5 Å². The van der Waals surface area contributed by atoms with Crippen LogP contribution in [0.1, 0.15) is 57.6 Å². The Labute approximate surface area is 218 Å². The van der Waals surface area contributed by atoms with Crippen LogP contribution in [0.4, 0.5) is 5.69 Å². The van der Waals surface area contributed by atoms with Gasteiger partial charge in [-0.2, -0.15) is 0 Å². The molecule has 0 radical (unpaired) electrons. The number of halogens is 1. The highest BCUT2D eigenvalue weighted by molar-refractivity contribution is 6.30. The third kappa shape index (κ3) is 6.32.